The van der Waals surface area contributed by atoms with Crippen molar-refractivity contribution in [2.45, 2.75) is 24.8 Å². The standard InChI is InChI=1S/C14H14N4O3S/c1-10-5-3-4-6-12(10)18-8-7-15-14(18)22(19,20)9-13-16-11(2)21-17-13/h3-8H,9H2,1-2H3. The first-order chi connectivity index (χ1) is 10.5. The molecule has 7 nitrogen and oxygen atoms in total. The van der Waals surface area contributed by atoms with Gasteiger partial charge in [0.05, 0.1) is 5.69 Å². The van der Waals surface area contributed by atoms with Crippen LogP contribution in [-0.2, 0) is 15.6 Å². The van der Waals surface area contributed by atoms with E-state index in [9.17, 15) is 8.42 Å². The van der Waals surface area contributed by atoms with Crippen LogP contribution >= 0.6 is 0 Å². The number of hydrogen-bond donors (Lipinski definition) is 0. The molecule has 2 heterocycles. The molecule has 0 aliphatic carbocycles. The third-order valence-electron chi connectivity index (χ3n) is 3.15. The van der Waals surface area contributed by atoms with Gasteiger partial charge in [0.25, 0.3) is 0 Å². The minimum Gasteiger partial charge on any atom is -0.340 e. The van der Waals surface area contributed by atoms with Crippen LogP contribution in [0.5, 0.6) is 0 Å². The van der Waals surface area contributed by atoms with E-state index in [4.69, 9.17) is 4.52 Å². The van der Waals surface area contributed by atoms with Crippen molar-refractivity contribution >= 4 is 9.84 Å². The third-order valence-corrected chi connectivity index (χ3v) is 4.65. The number of aryl methyl sites for hydroxylation is 2. The first-order valence-electron chi connectivity index (χ1n) is 6.59. The van der Waals surface area contributed by atoms with Crippen LogP contribution in [0.25, 0.3) is 5.69 Å². The Hall–Kier alpha value is -2.48. The normalized spacial score (nSPS) is 11.7. The predicted octanol–water partition coefficient (Wildman–Crippen LogP) is 1.85. The zero-order valence-electron chi connectivity index (χ0n) is 12.1. The van der Waals surface area contributed by atoms with Crippen LogP contribution in [-0.4, -0.2) is 28.1 Å². The van der Waals surface area contributed by atoms with E-state index in [1.165, 1.54) is 6.20 Å². The zero-order chi connectivity index (χ0) is 15.7. The van der Waals surface area contributed by atoms with Gasteiger partial charge in [-0.25, -0.2) is 13.4 Å². The summed E-state index contributed by atoms with van der Waals surface area (Å²) in [4.78, 5) is 7.93. The summed E-state index contributed by atoms with van der Waals surface area (Å²) >= 11 is 0. The molecule has 8 heteroatoms. The highest BCUT2D eigenvalue weighted by Gasteiger charge is 2.24. The number of benzene rings is 1. The van der Waals surface area contributed by atoms with Crippen LogP contribution in [0.2, 0.25) is 0 Å². The summed E-state index contributed by atoms with van der Waals surface area (Å²) in [6, 6.07) is 7.50. The molecule has 0 amide bonds. The predicted molar refractivity (Wildman–Crippen MR) is 78.2 cm³/mol. The fraction of sp³-hybridized carbons (Fsp3) is 0.214. The molecular formula is C14H14N4O3S. The number of rotatable bonds is 4. The van der Waals surface area contributed by atoms with Crippen LogP contribution in [0.1, 0.15) is 17.3 Å². The quantitative estimate of drug-likeness (QED) is 0.729. The van der Waals surface area contributed by atoms with Crippen molar-refractivity contribution in [1.82, 2.24) is 19.7 Å². The molecule has 0 aliphatic heterocycles. The second-order valence-electron chi connectivity index (χ2n) is 4.86. The lowest BCUT2D eigenvalue weighted by molar-refractivity contribution is 0.388. The van der Waals surface area contributed by atoms with E-state index in [1.807, 2.05) is 31.2 Å². The van der Waals surface area contributed by atoms with E-state index < -0.39 is 9.84 Å². The number of para-hydroxylation sites is 1. The van der Waals surface area contributed by atoms with E-state index in [2.05, 4.69) is 15.1 Å². The van der Waals surface area contributed by atoms with Crippen molar-refractivity contribution in [2.75, 3.05) is 0 Å². The fourth-order valence-corrected chi connectivity index (χ4v) is 3.44. The summed E-state index contributed by atoms with van der Waals surface area (Å²) in [6.07, 6.45) is 3.08. The van der Waals surface area contributed by atoms with Gasteiger partial charge in [-0.1, -0.05) is 23.4 Å². The molecule has 0 fully saturated rings. The Bertz CT molecular complexity index is 912. The topological polar surface area (TPSA) is 90.9 Å². The molecule has 3 rings (SSSR count). The lowest BCUT2D eigenvalue weighted by atomic mass is 10.2. The Balaban J connectivity index is 2.03. The van der Waals surface area contributed by atoms with Crippen molar-refractivity contribution in [2.24, 2.45) is 0 Å². The maximum atomic E-state index is 12.6. The molecule has 0 atom stereocenters. The highest BCUT2D eigenvalue weighted by molar-refractivity contribution is 7.90. The van der Waals surface area contributed by atoms with Gasteiger partial charge >= 0.3 is 0 Å². The highest BCUT2D eigenvalue weighted by Crippen LogP contribution is 2.20. The molecule has 0 N–H and O–H groups in total. The summed E-state index contributed by atoms with van der Waals surface area (Å²) in [5, 5.41) is 3.59. The minimum atomic E-state index is -3.69. The third kappa shape index (κ3) is 2.64. The molecule has 1 aromatic carbocycles. The Kier molecular flexibility index (Phi) is 3.53. The molecule has 0 radical (unpaired) electrons. The number of imidazole rings is 1. The van der Waals surface area contributed by atoms with Crippen LogP contribution in [0, 0.1) is 13.8 Å². The van der Waals surface area contributed by atoms with Gasteiger partial charge in [0.2, 0.25) is 20.9 Å². The monoisotopic (exact) mass is 318 g/mol. The molecule has 0 spiro atoms. The van der Waals surface area contributed by atoms with Gasteiger partial charge in [-0.2, -0.15) is 4.98 Å². The lowest BCUT2D eigenvalue weighted by Crippen LogP contribution is -2.13. The summed E-state index contributed by atoms with van der Waals surface area (Å²) in [7, 11) is -3.69. The average molecular weight is 318 g/mol. The van der Waals surface area contributed by atoms with Gasteiger partial charge < -0.3 is 4.52 Å². The Morgan fingerprint density at radius 3 is 2.68 bits per heavy atom. The maximum absolute atomic E-state index is 12.6. The van der Waals surface area contributed by atoms with E-state index in [0.29, 0.717) is 5.89 Å². The Morgan fingerprint density at radius 1 is 1.23 bits per heavy atom. The number of aromatic nitrogens is 4. The van der Waals surface area contributed by atoms with Crippen LogP contribution in [0.3, 0.4) is 0 Å². The van der Waals surface area contributed by atoms with Crippen molar-refractivity contribution in [3.63, 3.8) is 0 Å². The fourth-order valence-electron chi connectivity index (χ4n) is 2.17. The summed E-state index contributed by atoms with van der Waals surface area (Å²) in [6.45, 7) is 3.52. The number of sulfone groups is 1. The van der Waals surface area contributed by atoms with Crippen molar-refractivity contribution < 1.29 is 12.9 Å². The first-order valence-corrected chi connectivity index (χ1v) is 8.24. The Morgan fingerprint density at radius 2 is 2.00 bits per heavy atom. The van der Waals surface area contributed by atoms with Crippen LogP contribution in [0.4, 0.5) is 0 Å². The molecule has 2 aromatic heterocycles. The van der Waals surface area contributed by atoms with Crippen molar-refractivity contribution in [3.05, 3.63) is 53.9 Å². The maximum Gasteiger partial charge on any atom is 0.232 e. The lowest BCUT2D eigenvalue weighted by Gasteiger charge is -2.10. The van der Waals surface area contributed by atoms with Gasteiger partial charge in [-0.3, -0.25) is 4.57 Å². The number of hydrogen-bond acceptors (Lipinski definition) is 6. The molecule has 0 saturated carbocycles. The molecule has 0 saturated heterocycles. The van der Waals surface area contributed by atoms with E-state index in [0.717, 1.165) is 11.3 Å². The van der Waals surface area contributed by atoms with Gasteiger partial charge in [-0.15, -0.1) is 0 Å². The second kappa shape index (κ2) is 5.38. The average Bonchev–Trinajstić information content (AvgIpc) is 3.08. The van der Waals surface area contributed by atoms with E-state index in [1.54, 1.807) is 17.7 Å². The van der Waals surface area contributed by atoms with Crippen molar-refractivity contribution in [3.8, 4) is 5.69 Å². The molecule has 3 aromatic rings. The largest absolute Gasteiger partial charge is 0.340 e. The van der Waals surface area contributed by atoms with Crippen LogP contribution in [0.15, 0.2) is 46.3 Å². The van der Waals surface area contributed by atoms with Gasteiger partial charge in [0.1, 0.15) is 5.75 Å². The Labute approximate surface area is 127 Å². The molecule has 0 bridgehead atoms. The highest BCUT2D eigenvalue weighted by atomic mass is 32.2. The first kappa shape index (κ1) is 14.5. The number of nitrogens with zero attached hydrogens (tertiary/aromatic N) is 4. The summed E-state index contributed by atoms with van der Waals surface area (Å²) < 4.78 is 31.5. The molecule has 0 unspecified atom stereocenters. The molecule has 22 heavy (non-hydrogen) atoms. The van der Waals surface area contributed by atoms with Gasteiger partial charge in [-0.05, 0) is 18.6 Å². The van der Waals surface area contributed by atoms with Gasteiger partial charge in [0.15, 0.2) is 5.82 Å². The van der Waals surface area contributed by atoms with Crippen molar-refractivity contribution in [1.29, 1.82) is 0 Å². The zero-order valence-corrected chi connectivity index (χ0v) is 12.9. The summed E-state index contributed by atoms with van der Waals surface area (Å²) in [5.74, 6) is 0.0945. The molecular weight excluding hydrogens is 304 g/mol. The minimum absolute atomic E-state index is 0.0377. The smallest absolute Gasteiger partial charge is 0.232 e. The van der Waals surface area contributed by atoms with E-state index in [-0.39, 0.29) is 16.7 Å². The summed E-state index contributed by atoms with van der Waals surface area (Å²) in [5.41, 5.74) is 1.72. The molecule has 0 aliphatic rings. The van der Waals surface area contributed by atoms with E-state index >= 15 is 0 Å². The van der Waals surface area contributed by atoms with Crippen LogP contribution < -0.4 is 0 Å². The molecule has 114 valence electrons. The second-order valence-corrected chi connectivity index (χ2v) is 6.74. The SMILES string of the molecule is Cc1nc(CS(=O)(=O)c2nccn2-c2ccccc2C)no1. The van der Waals surface area contributed by atoms with Gasteiger partial charge in [0, 0.05) is 19.3 Å².